The Kier molecular flexibility index (Phi) is 8.77. The minimum atomic E-state index is -1.05. The Morgan fingerprint density at radius 3 is 1.56 bits per heavy atom. The van der Waals surface area contributed by atoms with Gasteiger partial charge in [-0.05, 0) is 65.2 Å². The smallest absolute Gasteiger partial charge is 0.326 e. The molecule has 4 rings (SSSR count). The van der Waals surface area contributed by atoms with Crippen molar-refractivity contribution in [3.05, 3.63) is 0 Å². The van der Waals surface area contributed by atoms with Gasteiger partial charge >= 0.3 is 5.97 Å². The fourth-order valence-corrected chi connectivity index (χ4v) is 6.43. The van der Waals surface area contributed by atoms with Crippen LogP contribution in [-0.2, 0) is 28.8 Å². The van der Waals surface area contributed by atoms with E-state index in [1.165, 1.54) is 19.6 Å². The van der Waals surface area contributed by atoms with Crippen LogP contribution >= 0.6 is 0 Å². The molecule has 0 bridgehead atoms. The summed E-state index contributed by atoms with van der Waals surface area (Å²) in [5.74, 6) is -2.83. The van der Waals surface area contributed by atoms with Crippen molar-refractivity contribution in [2.45, 2.75) is 101 Å². The lowest BCUT2D eigenvalue weighted by molar-refractivity contribution is -0.152. The molecule has 0 aromatic rings. The Balaban J connectivity index is 1.38. The Labute approximate surface area is 228 Å². The highest BCUT2D eigenvalue weighted by atomic mass is 16.4. The summed E-state index contributed by atoms with van der Waals surface area (Å²) >= 11 is 0. The third-order valence-electron chi connectivity index (χ3n) is 8.42. The predicted octanol–water partition coefficient (Wildman–Crippen LogP) is -1.11. The second-order valence-electron chi connectivity index (χ2n) is 11.1. The summed E-state index contributed by atoms with van der Waals surface area (Å²) in [4.78, 5) is 83.1. The van der Waals surface area contributed by atoms with E-state index in [-0.39, 0.29) is 17.7 Å². The van der Waals surface area contributed by atoms with E-state index in [1.54, 1.807) is 13.8 Å². The number of nitrogens with two attached hydrogens (primary N) is 1. The summed E-state index contributed by atoms with van der Waals surface area (Å²) < 4.78 is 0. The number of carboxylic acids is 1. The van der Waals surface area contributed by atoms with Crippen LogP contribution in [0.1, 0.15) is 65.2 Å². The van der Waals surface area contributed by atoms with E-state index in [4.69, 9.17) is 5.73 Å². The third-order valence-corrected chi connectivity index (χ3v) is 8.42. The van der Waals surface area contributed by atoms with Crippen LogP contribution in [0.25, 0.3) is 0 Å². The molecule has 0 saturated carbocycles. The van der Waals surface area contributed by atoms with Crippen molar-refractivity contribution in [3.8, 4) is 0 Å². The van der Waals surface area contributed by atoms with Gasteiger partial charge in [-0.25, -0.2) is 4.79 Å². The molecule has 13 heteroatoms. The van der Waals surface area contributed by atoms with Gasteiger partial charge in [-0.3, -0.25) is 24.0 Å². The van der Waals surface area contributed by atoms with Crippen molar-refractivity contribution in [1.29, 1.82) is 0 Å². The number of nitrogens with one attached hydrogen (secondary N) is 1. The van der Waals surface area contributed by atoms with Gasteiger partial charge in [0.1, 0.15) is 30.2 Å². The van der Waals surface area contributed by atoms with Gasteiger partial charge in [0.2, 0.25) is 29.5 Å². The Morgan fingerprint density at radius 2 is 1.08 bits per heavy atom. The van der Waals surface area contributed by atoms with Gasteiger partial charge in [-0.15, -0.1) is 0 Å². The number of carbonyl (C=O) groups is 6. The number of carboxylic acid groups (broad SMARTS) is 1. The van der Waals surface area contributed by atoms with Crippen LogP contribution in [0.15, 0.2) is 0 Å². The quantitative estimate of drug-likeness (QED) is 0.359. The molecule has 0 spiro atoms. The minimum Gasteiger partial charge on any atom is -0.480 e. The summed E-state index contributed by atoms with van der Waals surface area (Å²) in [6.45, 7) is 4.67. The van der Waals surface area contributed by atoms with Crippen LogP contribution in [0.3, 0.4) is 0 Å². The Bertz CT molecular complexity index is 1020. The van der Waals surface area contributed by atoms with Gasteiger partial charge in [0.15, 0.2) is 0 Å². The second kappa shape index (κ2) is 11.9. The first-order chi connectivity index (χ1) is 18.5. The van der Waals surface area contributed by atoms with Crippen LogP contribution in [0, 0.1) is 0 Å². The molecule has 39 heavy (non-hydrogen) atoms. The van der Waals surface area contributed by atoms with Crippen molar-refractivity contribution < 1.29 is 33.9 Å². The summed E-state index contributed by atoms with van der Waals surface area (Å²) in [7, 11) is 0. The molecule has 4 saturated heterocycles. The average Bonchev–Trinajstić information content (AvgIpc) is 3.72. The highest BCUT2D eigenvalue weighted by Gasteiger charge is 2.45. The summed E-state index contributed by atoms with van der Waals surface area (Å²) in [6, 6.07) is -4.68. The zero-order valence-electron chi connectivity index (χ0n) is 22.7. The minimum absolute atomic E-state index is 0.276. The van der Waals surface area contributed by atoms with Crippen molar-refractivity contribution in [1.82, 2.24) is 24.9 Å². The molecule has 13 nitrogen and oxygen atoms in total. The number of aliphatic carboxylic acids is 1. The van der Waals surface area contributed by atoms with Crippen LogP contribution in [0.4, 0.5) is 0 Å². The second-order valence-corrected chi connectivity index (χ2v) is 11.1. The van der Waals surface area contributed by atoms with Gasteiger partial charge in [-0.2, -0.15) is 0 Å². The maximum Gasteiger partial charge on any atom is 0.326 e. The van der Waals surface area contributed by atoms with Gasteiger partial charge in [-0.1, -0.05) is 0 Å². The van der Waals surface area contributed by atoms with Crippen LogP contribution in [0.2, 0.25) is 0 Å². The Morgan fingerprint density at radius 1 is 0.667 bits per heavy atom. The van der Waals surface area contributed by atoms with Crippen LogP contribution < -0.4 is 11.1 Å². The fraction of sp³-hybridized carbons (Fsp3) is 0.769. The van der Waals surface area contributed by atoms with E-state index in [1.807, 2.05) is 0 Å². The standard InChI is InChI=1S/C26H40N6O7/c1-15(27)22(34)30-12-4-8-18(30)24(36)29-11-3-7-17(29)21(33)28-16(2)23(35)31-13-5-9-19(31)25(37)32-14-6-10-20(32)26(38)39/h15-20H,3-14,27H2,1-2H3,(H,28,33)(H,38,39)/t15-,16-,17-,18-,19-,20-/m0/s1. The normalized spacial score (nSPS) is 28.5. The molecule has 0 aromatic carbocycles. The number of carbonyl (C=O) groups excluding carboxylic acids is 5. The van der Waals surface area contributed by atoms with Crippen LogP contribution in [-0.4, -0.2) is 123 Å². The zero-order valence-corrected chi connectivity index (χ0v) is 22.7. The number of hydrogen-bond acceptors (Lipinski definition) is 7. The molecule has 0 radical (unpaired) electrons. The topological polar surface area (TPSA) is 174 Å². The lowest BCUT2D eigenvalue weighted by Crippen LogP contribution is -2.58. The van der Waals surface area contributed by atoms with Crippen molar-refractivity contribution in [2.75, 3.05) is 26.2 Å². The molecule has 0 aliphatic carbocycles. The highest BCUT2D eigenvalue weighted by Crippen LogP contribution is 2.27. The van der Waals surface area contributed by atoms with Crippen LogP contribution in [0.5, 0.6) is 0 Å². The number of amides is 5. The molecule has 0 unspecified atom stereocenters. The van der Waals surface area contributed by atoms with E-state index >= 15 is 0 Å². The lowest BCUT2D eigenvalue weighted by atomic mass is 10.1. The summed E-state index contributed by atoms with van der Waals surface area (Å²) in [5, 5.41) is 12.2. The lowest BCUT2D eigenvalue weighted by Gasteiger charge is -2.33. The third kappa shape index (κ3) is 5.73. The molecule has 4 heterocycles. The number of rotatable bonds is 7. The Hall–Kier alpha value is -3.22. The molecule has 4 N–H and O–H groups in total. The van der Waals surface area contributed by atoms with Gasteiger partial charge in [0, 0.05) is 26.2 Å². The van der Waals surface area contributed by atoms with E-state index in [2.05, 4.69) is 5.32 Å². The van der Waals surface area contributed by atoms with Gasteiger partial charge in [0.25, 0.3) is 0 Å². The maximum absolute atomic E-state index is 13.4. The van der Waals surface area contributed by atoms with Gasteiger partial charge < -0.3 is 35.8 Å². The molecular weight excluding hydrogens is 508 g/mol. The van der Waals surface area contributed by atoms with Crippen molar-refractivity contribution >= 4 is 35.5 Å². The first-order valence-corrected chi connectivity index (χ1v) is 14.0. The van der Waals surface area contributed by atoms with E-state index in [9.17, 15) is 33.9 Å². The monoisotopic (exact) mass is 548 g/mol. The maximum atomic E-state index is 13.4. The van der Waals surface area contributed by atoms with Gasteiger partial charge in [0.05, 0.1) is 6.04 Å². The first kappa shape index (κ1) is 28.8. The number of hydrogen-bond donors (Lipinski definition) is 3. The molecule has 4 fully saturated rings. The zero-order chi connectivity index (χ0) is 28.4. The molecule has 4 aliphatic heterocycles. The van der Waals surface area contributed by atoms with E-state index in [0.717, 1.165) is 0 Å². The average molecular weight is 549 g/mol. The molecular formula is C26H40N6O7. The predicted molar refractivity (Wildman–Crippen MR) is 138 cm³/mol. The number of likely N-dealkylation sites (tertiary alicyclic amines) is 4. The number of nitrogens with zero attached hydrogens (tertiary/aromatic N) is 4. The van der Waals surface area contributed by atoms with Crippen molar-refractivity contribution in [2.24, 2.45) is 5.73 Å². The molecule has 0 aromatic heterocycles. The van der Waals surface area contributed by atoms with E-state index in [0.29, 0.717) is 77.5 Å². The highest BCUT2D eigenvalue weighted by molar-refractivity contribution is 5.97. The van der Waals surface area contributed by atoms with E-state index < -0.39 is 54.0 Å². The molecule has 4 aliphatic rings. The first-order valence-electron chi connectivity index (χ1n) is 14.0. The molecule has 6 atom stereocenters. The SMILES string of the molecule is C[C@H](N)C(=O)N1CCC[C@H]1C(=O)N1CCC[C@H]1C(=O)N[C@@H](C)C(=O)N1CCC[C@H]1C(=O)N1CCC[C@H]1C(=O)O. The summed E-state index contributed by atoms with van der Waals surface area (Å²) in [5.41, 5.74) is 5.76. The molecule has 216 valence electrons. The largest absolute Gasteiger partial charge is 0.480 e. The fourth-order valence-electron chi connectivity index (χ4n) is 6.43. The molecule has 5 amide bonds. The van der Waals surface area contributed by atoms with Crippen molar-refractivity contribution in [3.63, 3.8) is 0 Å². The summed E-state index contributed by atoms with van der Waals surface area (Å²) in [6.07, 6.45) is 4.32.